The molecule has 1 aromatic rings. The minimum absolute atomic E-state index is 0.0630. The molecule has 2 aliphatic rings. The molecular formula is C14H22N4O. The number of hydrogen-bond acceptors (Lipinski definition) is 3. The van der Waals surface area contributed by atoms with Crippen LogP contribution in [-0.4, -0.2) is 33.6 Å². The monoisotopic (exact) mass is 262 g/mol. The Morgan fingerprint density at radius 1 is 1.42 bits per heavy atom. The fourth-order valence-electron chi connectivity index (χ4n) is 3.77. The molecule has 0 radical (unpaired) electrons. The SMILES string of the molecule is CC1CCN(C(=O)c2cc(N)n[nH]2)C2CCCCC12. The number of nitrogens with two attached hydrogens (primary N) is 1. The molecule has 1 amide bonds. The largest absolute Gasteiger partial charge is 0.382 e. The van der Waals surface area contributed by atoms with Gasteiger partial charge in [-0.3, -0.25) is 9.89 Å². The normalized spacial score (nSPS) is 31.0. The number of nitrogens with one attached hydrogen (secondary N) is 1. The second-order valence-electron chi connectivity index (χ2n) is 5.99. The van der Waals surface area contributed by atoms with E-state index >= 15 is 0 Å². The maximum atomic E-state index is 12.6. The van der Waals surface area contributed by atoms with Crippen molar-refractivity contribution in [3.8, 4) is 0 Å². The summed E-state index contributed by atoms with van der Waals surface area (Å²) in [5, 5.41) is 6.60. The third-order valence-corrected chi connectivity index (χ3v) is 4.83. The molecule has 5 nitrogen and oxygen atoms in total. The predicted molar refractivity (Wildman–Crippen MR) is 73.6 cm³/mol. The highest BCUT2D eigenvalue weighted by Crippen LogP contribution is 2.39. The summed E-state index contributed by atoms with van der Waals surface area (Å²) in [7, 11) is 0. The number of H-pyrrole nitrogens is 1. The summed E-state index contributed by atoms with van der Waals surface area (Å²) in [6.45, 7) is 3.19. The van der Waals surface area contributed by atoms with Crippen LogP contribution in [0.1, 0.15) is 49.5 Å². The van der Waals surface area contributed by atoms with Gasteiger partial charge < -0.3 is 10.6 Å². The van der Waals surface area contributed by atoms with Gasteiger partial charge in [0, 0.05) is 18.7 Å². The van der Waals surface area contributed by atoms with E-state index in [4.69, 9.17) is 5.73 Å². The van der Waals surface area contributed by atoms with Gasteiger partial charge in [-0.2, -0.15) is 5.10 Å². The van der Waals surface area contributed by atoms with Crippen molar-refractivity contribution in [2.75, 3.05) is 12.3 Å². The van der Waals surface area contributed by atoms with Crippen LogP contribution in [0.5, 0.6) is 0 Å². The maximum Gasteiger partial charge on any atom is 0.272 e. The summed E-state index contributed by atoms with van der Waals surface area (Å²) in [6, 6.07) is 2.05. The first-order valence-corrected chi connectivity index (χ1v) is 7.28. The maximum absolute atomic E-state index is 12.6. The number of carbonyl (C=O) groups is 1. The van der Waals surface area contributed by atoms with E-state index in [1.165, 1.54) is 19.3 Å². The Kier molecular flexibility index (Phi) is 3.21. The third kappa shape index (κ3) is 2.22. The van der Waals surface area contributed by atoms with Gasteiger partial charge in [0.05, 0.1) is 0 Å². The van der Waals surface area contributed by atoms with Crippen LogP contribution in [0, 0.1) is 11.8 Å². The highest BCUT2D eigenvalue weighted by atomic mass is 16.2. The van der Waals surface area contributed by atoms with Crippen LogP contribution in [-0.2, 0) is 0 Å². The Labute approximate surface area is 113 Å². The Bertz CT molecular complexity index is 470. The Hall–Kier alpha value is -1.52. The number of nitrogens with zero attached hydrogens (tertiary/aromatic N) is 2. The van der Waals surface area contributed by atoms with Gasteiger partial charge in [-0.25, -0.2) is 0 Å². The highest BCUT2D eigenvalue weighted by molar-refractivity contribution is 5.93. The Morgan fingerprint density at radius 2 is 2.21 bits per heavy atom. The smallest absolute Gasteiger partial charge is 0.272 e. The number of anilines is 1. The lowest BCUT2D eigenvalue weighted by atomic mass is 9.72. The average Bonchev–Trinajstić information content (AvgIpc) is 2.86. The van der Waals surface area contributed by atoms with Crippen LogP contribution in [0.15, 0.2) is 6.07 Å². The van der Waals surface area contributed by atoms with Crippen LogP contribution in [0.4, 0.5) is 5.82 Å². The minimum atomic E-state index is 0.0630. The van der Waals surface area contributed by atoms with E-state index in [-0.39, 0.29) is 5.91 Å². The zero-order chi connectivity index (χ0) is 13.4. The molecule has 104 valence electrons. The highest BCUT2D eigenvalue weighted by Gasteiger charge is 2.39. The van der Waals surface area contributed by atoms with E-state index in [1.54, 1.807) is 6.07 Å². The van der Waals surface area contributed by atoms with Crippen molar-refractivity contribution in [3.05, 3.63) is 11.8 Å². The summed E-state index contributed by atoms with van der Waals surface area (Å²) in [5.41, 5.74) is 6.11. The fourth-order valence-corrected chi connectivity index (χ4v) is 3.77. The molecule has 0 spiro atoms. The first-order chi connectivity index (χ1) is 9.16. The summed E-state index contributed by atoms with van der Waals surface area (Å²) < 4.78 is 0. The molecule has 0 aromatic carbocycles. The molecule has 1 aliphatic heterocycles. The van der Waals surface area contributed by atoms with E-state index in [0.29, 0.717) is 23.5 Å². The average molecular weight is 262 g/mol. The van der Waals surface area contributed by atoms with Gasteiger partial charge in [-0.15, -0.1) is 0 Å². The molecule has 1 aliphatic carbocycles. The molecule has 3 unspecified atom stereocenters. The number of nitrogen functional groups attached to an aromatic ring is 1. The van der Waals surface area contributed by atoms with Gasteiger partial charge in [0.15, 0.2) is 0 Å². The fraction of sp³-hybridized carbons (Fsp3) is 0.714. The number of fused-ring (bicyclic) bond motifs is 1. The van der Waals surface area contributed by atoms with E-state index in [1.807, 2.05) is 0 Å². The summed E-state index contributed by atoms with van der Waals surface area (Å²) in [4.78, 5) is 14.6. The summed E-state index contributed by atoms with van der Waals surface area (Å²) in [5.74, 6) is 1.86. The number of aromatic amines is 1. The molecule has 5 heteroatoms. The van der Waals surface area contributed by atoms with E-state index < -0.39 is 0 Å². The number of hydrogen-bond donors (Lipinski definition) is 2. The molecule has 0 bridgehead atoms. The van der Waals surface area contributed by atoms with E-state index in [9.17, 15) is 4.79 Å². The zero-order valence-corrected chi connectivity index (χ0v) is 11.4. The van der Waals surface area contributed by atoms with Gasteiger partial charge in [0.1, 0.15) is 11.5 Å². The van der Waals surface area contributed by atoms with Gasteiger partial charge in [0.2, 0.25) is 0 Å². The molecule has 1 saturated carbocycles. The van der Waals surface area contributed by atoms with Crippen molar-refractivity contribution in [1.29, 1.82) is 0 Å². The van der Waals surface area contributed by atoms with Crippen molar-refractivity contribution < 1.29 is 4.79 Å². The lowest BCUT2D eigenvalue weighted by Gasteiger charge is -2.47. The predicted octanol–water partition coefficient (Wildman–Crippen LogP) is 2.03. The molecular weight excluding hydrogens is 240 g/mol. The molecule has 1 aromatic heterocycles. The van der Waals surface area contributed by atoms with Crippen molar-refractivity contribution >= 4 is 11.7 Å². The van der Waals surface area contributed by atoms with Crippen molar-refractivity contribution in [3.63, 3.8) is 0 Å². The molecule has 3 N–H and O–H groups in total. The lowest BCUT2D eigenvalue weighted by molar-refractivity contribution is 0.0213. The van der Waals surface area contributed by atoms with Crippen molar-refractivity contribution in [2.45, 2.75) is 45.1 Å². The van der Waals surface area contributed by atoms with Crippen molar-refractivity contribution in [1.82, 2.24) is 15.1 Å². The van der Waals surface area contributed by atoms with Crippen LogP contribution < -0.4 is 5.73 Å². The first kappa shape index (κ1) is 12.5. The van der Waals surface area contributed by atoms with Crippen LogP contribution in [0.25, 0.3) is 0 Å². The third-order valence-electron chi connectivity index (χ3n) is 4.83. The zero-order valence-electron chi connectivity index (χ0n) is 11.4. The molecule has 19 heavy (non-hydrogen) atoms. The van der Waals surface area contributed by atoms with Crippen LogP contribution in [0.2, 0.25) is 0 Å². The molecule has 1 saturated heterocycles. The second kappa shape index (κ2) is 4.87. The molecule has 3 rings (SSSR count). The number of piperidine rings is 1. The molecule has 2 heterocycles. The topological polar surface area (TPSA) is 75.0 Å². The number of carbonyl (C=O) groups excluding carboxylic acids is 1. The first-order valence-electron chi connectivity index (χ1n) is 7.28. The van der Waals surface area contributed by atoms with Gasteiger partial charge in [0.25, 0.3) is 5.91 Å². The summed E-state index contributed by atoms with van der Waals surface area (Å²) in [6.07, 6.45) is 6.06. The lowest BCUT2D eigenvalue weighted by Crippen LogP contribution is -2.52. The van der Waals surface area contributed by atoms with Crippen molar-refractivity contribution in [2.24, 2.45) is 11.8 Å². The van der Waals surface area contributed by atoms with Gasteiger partial charge in [-0.05, 0) is 31.1 Å². The second-order valence-corrected chi connectivity index (χ2v) is 5.99. The quantitative estimate of drug-likeness (QED) is 0.813. The summed E-state index contributed by atoms with van der Waals surface area (Å²) >= 11 is 0. The standard InChI is InChI=1S/C14H22N4O/c1-9-6-7-18(12-5-3-2-4-10(9)12)14(19)11-8-13(15)17-16-11/h8-10,12H,2-7H2,1H3,(H3,15,16,17). The van der Waals surface area contributed by atoms with Gasteiger partial charge >= 0.3 is 0 Å². The van der Waals surface area contributed by atoms with E-state index in [2.05, 4.69) is 22.0 Å². The minimum Gasteiger partial charge on any atom is -0.382 e. The number of likely N-dealkylation sites (tertiary alicyclic amines) is 1. The van der Waals surface area contributed by atoms with Crippen LogP contribution >= 0.6 is 0 Å². The van der Waals surface area contributed by atoms with Gasteiger partial charge in [-0.1, -0.05) is 19.8 Å². The number of aromatic nitrogens is 2. The van der Waals surface area contributed by atoms with Crippen LogP contribution in [0.3, 0.4) is 0 Å². The Balaban J connectivity index is 1.81. The molecule has 3 atom stereocenters. The molecule has 2 fully saturated rings. The number of amides is 1. The van der Waals surface area contributed by atoms with E-state index in [0.717, 1.165) is 25.3 Å². The number of rotatable bonds is 1. The Morgan fingerprint density at radius 3 is 2.95 bits per heavy atom.